The van der Waals surface area contributed by atoms with Crippen molar-refractivity contribution in [3.63, 3.8) is 0 Å². The zero-order valence-electron chi connectivity index (χ0n) is 26.8. The highest BCUT2D eigenvalue weighted by Gasteiger charge is 2.55. The van der Waals surface area contributed by atoms with Crippen molar-refractivity contribution >= 4 is 62.3 Å². The Labute approximate surface area is 292 Å². The smallest absolute Gasteiger partial charge is 0.270 e. The number of benzene rings is 2. The van der Waals surface area contributed by atoms with E-state index in [0.29, 0.717) is 44.1 Å². The molecule has 12 nitrogen and oxygen atoms in total. The molecular weight excluding hydrogens is 683 g/mol. The second-order valence-electron chi connectivity index (χ2n) is 12.8. The van der Waals surface area contributed by atoms with Gasteiger partial charge in [-0.3, -0.25) is 19.2 Å². The van der Waals surface area contributed by atoms with Crippen LogP contribution in [-0.4, -0.2) is 69.7 Å². The van der Waals surface area contributed by atoms with Crippen molar-refractivity contribution < 1.29 is 23.6 Å². The average Bonchev–Trinajstić information content (AvgIpc) is 3.41. The number of nitrogens with zero attached hydrogens (tertiary/aromatic N) is 7. The molecule has 252 valence electrons. The number of hydrogen-bond acceptors (Lipinski definition) is 9. The quantitative estimate of drug-likeness (QED) is 0.204. The zero-order valence-corrected chi connectivity index (χ0v) is 28.3. The number of fused-ring (bicyclic) bond motifs is 3. The number of likely N-dealkylation sites (tertiary alicyclic amines) is 1. The minimum atomic E-state index is -0.761. The summed E-state index contributed by atoms with van der Waals surface area (Å²) >= 11 is 7.59. The van der Waals surface area contributed by atoms with Crippen molar-refractivity contribution in [3.05, 3.63) is 88.2 Å². The molecule has 3 atom stereocenters. The number of thiazole rings is 1. The van der Waals surface area contributed by atoms with Gasteiger partial charge in [0.15, 0.2) is 28.6 Å². The molecule has 50 heavy (non-hydrogen) atoms. The topological polar surface area (TPSA) is 158 Å². The maximum atomic E-state index is 15.9. The summed E-state index contributed by atoms with van der Waals surface area (Å²) in [5, 5.41) is 9.56. The summed E-state index contributed by atoms with van der Waals surface area (Å²) < 4.78 is 19.3. The summed E-state index contributed by atoms with van der Waals surface area (Å²) in [4.78, 5) is 62.8. The molecule has 0 radical (unpaired) electrons. The minimum absolute atomic E-state index is 0.0110. The number of hydrogen-bond donors (Lipinski definition) is 1. The largest absolute Gasteiger partial charge is 0.364 e. The van der Waals surface area contributed by atoms with E-state index in [1.54, 1.807) is 46.1 Å². The van der Waals surface area contributed by atoms with Gasteiger partial charge in [-0.25, -0.2) is 23.6 Å². The van der Waals surface area contributed by atoms with E-state index in [0.717, 1.165) is 12.1 Å². The van der Waals surface area contributed by atoms with Gasteiger partial charge in [0.25, 0.3) is 5.91 Å². The molecule has 4 aromatic heterocycles. The molecule has 2 aromatic carbocycles. The fourth-order valence-electron chi connectivity index (χ4n) is 6.85. The standard InChI is InChI=1S/C35H28ClFN8O4S/c1-16-8-28-39-13-21(14-43(28)41-16)35-40-34-32(50-35)31(33(38)49)42-44(34)15-29(48)45-25-10-20(25)11-26(45)27(47)12-19-4-3-5-22(30(19)37)23-9-18(17(2)46)6-7-24(23)36/h3-9,13-14,20,25-26H,10-12,15H2,1-2H3,(H2,38,49)/t20-,25-,26+/m1/s1. The van der Waals surface area contributed by atoms with E-state index in [1.165, 1.54) is 35.1 Å². The molecule has 2 amide bonds. The Morgan fingerprint density at radius 2 is 1.90 bits per heavy atom. The molecule has 0 spiro atoms. The van der Waals surface area contributed by atoms with Crippen LogP contribution in [0.4, 0.5) is 4.39 Å². The number of nitrogens with two attached hydrogens (primary N) is 1. The first kappa shape index (κ1) is 31.9. The van der Waals surface area contributed by atoms with Crippen LogP contribution in [-0.2, 0) is 22.6 Å². The van der Waals surface area contributed by atoms with Gasteiger partial charge in [-0.05, 0) is 56.4 Å². The van der Waals surface area contributed by atoms with Crippen molar-refractivity contribution in [2.24, 2.45) is 11.7 Å². The number of carbonyl (C=O) groups excluding carboxylic acids is 4. The maximum absolute atomic E-state index is 15.9. The molecule has 1 saturated carbocycles. The fourth-order valence-corrected chi connectivity index (χ4v) is 8.10. The predicted octanol–water partition coefficient (Wildman–Crippen LogP) is 5.07. The normalized spacial score (nSPS) is 18.2. The number of ketones is 2. The van der Waals surface area contributed by atoms with Gasteiger partial charge in [0.1, 0.15) is 22.1 Å². The Bertz CT molecular complexity index is 2440. The van der Waals surface area contributed by atoms with E-state index in [2.05, 4.69) is 15.2 Å². The number of carbonyl (C=O) groups is 4. The molecule has 1 aliphatic carbocycles. The Kier molecular flexibility index (Phi) is 7.60. The Balaban J connectivity index is 1.05. The minimum Gasteiger partial charge on any atom is -0.364 e. The predicted molar refractivity (Wildman–Crippen MR) is 183 cm³/mol. The molecule has 2 N–H and O–H groups in total. The lowest BCUT2D eigenvalue weighted by Gasteiger charge is -2.27. The second kappa shape index (κ2) is 11.9. The molecule has 0 unspecified atom stereocenters. The first-order chi connectivity index (χ1) is 24.0. The summed E-state index contributed by atoms with van der Waals surface area (Å²) in [5.41, 5.74) is 9.19. The van der Waals surface area contributed by atoms with Crippen molar-refractivity contribution in [2.45, 2.75) is 51.7 Å². The van der Waals surface area contributed by atoms with Crippen LogP contribution in [0.5, 0.6) is 0 Å². The summed E-state index contributed by atoms with van der Waals surface area (Å²) in [6.45, 7) is 3.01. The third-order valence-electron chi connectivity index (χ3n) is 9.36. The van der Waals surface area contributed by atoms with Gasteiger partial charge in [-0.1, -0.05) is 29.8 Å². The third-order valence-corrected chi connectivity index (χ3v) is 10.8. The van der Waals surface area contributed by atoms with Crippen LogP contribution in [0, 0.1) is 18.7 Å². The Morgan fingerprint density at radius 1 is 1.08 bits per heavy atom. The van der Waals surface area contributed by atoms with E-state index in [1.807, 2.05) is 13.0 Å². The third kappa shape index (κ3) is 5.44. The fraction of sp³-hybridized carbons (Fsp3) is 0.257. The first-order valence-electron chi connectivity index (χ1n) is 15.9. The molecule has 15 heteroatoms. The van der Waals surface area contributed by atoms with Gasteiger partial charge in [0.05, 0.1) is 11.7 Å². The molecule has 0 bridgehead atoms. The SMILES string of the molecule is CC(=O)c1ccc(Cl)c(-c2cccc(CC(=O)[C@@H]3C[C@H]4C[C@H]4N3C(=O)Cn3nc(C(N)=O)c4sc(-c5cnc6cc(C)nn6c5)nc43)c2F)c1. The molecule has 5 heterocycles. The summed E-state index contributed by atoms with van der Waals surface area (Å²) in [5.74, 6) is -2.03. The first-order valence-corrected chi connectivity index (χ1v) is 17.1. The van der Waals surface area contributed by atoms with Gasteiger partial charge >= 0.3 is 0 Å². The number of primary amides is 1. The molecule has 2 fully saturated rings. The van der Waals surface area contributed by atoms with Crippen LogP contribution in [0.1, 0.15) is 51.9 Å². The molecule has 1 saturated heterocycles. The van der Waals surface area contributed by atoms with Gasteiger partial charge < -0.3 is 10.6 Å². The summed E-state index contributed by atoms with van der Waals surface area (Å²) in [6, 6.07) is 10.4. The lowest BCUT2D eigenvalue weighted by molar-refractivity contribution is -0.139. The van der Waals surface area contributed by atoms with Crippen molar-refractivity contribution in [3.8, 4) is 21.7 Å². The summed E-state index contributed by atoms with van der Waals surface area (Å²) in [6.07, 6.45) is 4.45. The number of Topliss-reactive ketones (excluding diaryl/α,β-unsaturated/α-hetero) is 2. The molecule has 6 aromatic rings. The molecule has 1 aliphatic heterocycles. The second-order valence-corrected chi connectivity index (χ2v) is 14.2. The van der Waals surface area contributed by atoms with E-state index in [9.17, 15) is 19.2 Å². The highest BCUT2D eigenvalue weighted by atomic mass is 35.5. The van der Waals surface area contributed by atoms with Gasteiger partial charge in [0.2, 0.25) is 5.91 Å². The lowest BCUT2D eigenvalue weighted by Crippen LogP contribution is -2.45. The van der Waals surface area contributed by atoms with Crippen LogP contribution in [0.3, 0.4) is 0 Å². The number of aromatic nitrogens is 6. The average molecular weight is 711 g/mol. The van der Waals surface area contributed by atoms with E-state index in [-0.39, 0.29) is 64.2 Å². The maximum Gasteiger partial charge on any atom is 0.270 e. The monoisotopic (exact) mass is 710 g/mol. The van der Waals surface area contributed by atoms with Crippen LogP contribution in [0.15, 0.2) is 54.9 Å². The highest BCUT2D eigenvalue weighted by Crippen LogP contribution is 2.48. The van der Waals surface area contributed by atoms with Gasteiger partial charge in [0, 0.05) is 58.2 Å². The Morgan fingerprint density at radius 3 is 2.68 bits per heavy atom. The number of rotatable bonds is 9. The highest BCUT2D eigenvalue weighted by molar-refractivity contribution is 7.22. The zero-order chi connectivity index (χ0) is 35.0. The Hall–Kier alpha value is -5.34. The van der Waals surface area contributed by atoms with E-state index in [4.69, 9.17) is 22.3 Å². The number of amides is 2. The van der Waals surface area contributed by atoms with Crippen LogP contribution < -0.4 is 5.73 Å². The van der Waals surface area contributed by atoms with Crippen LogP contribution in [0.2, 0.25) is 5.02 Å². The van der Waals surface area contributed by atoms with Crippen LogP contribution in [0.25, 0.3) is 37.7 Å². The van der Waals surface area contributed by atoms with Gasteiger partial charge in [-0.15, -0.1) is 11.3 Å². The molecular formula is C35H28ClFN8O4S. The van der Waals surface area contributed by atoms with Crippen molar-refractivity contribution in [1.82, 2.24) is 34.3 Å². The number of piperidine rings is 1. The number of halogens is 2. The van der Waals surface area contributed by atoms with Crippen LogP contribution >= 0.6 is 22.9 Å². The lowest BCUT2D eigenvalue weighted by atomic mass is 9.95. The van der Waals surface area contributed by atoms with E-state index < -0.39 is 17.8 Å². The van der Waals surface area contributed by atoms with Crippen molar-refractivity contribution in [2.75, 3.05) is 0 Å². The van der Waals surface area contributed by atoms with E-state index >= 15 is 4.39 Å². The van der Waals surface area contributed by atoms with Gasteiger partial charge in [-0.2, -0.15) is 10.2 Å². The number of aryl methyl sites for hydroxylation is 1. The molecule has 8 rings (SSSR count). The van der Waals surface area contributed by atoms with Crippen molar-refractivity contribution in [1.29, 1.82) is 0 Å². The molecule has 2 aliphatic rings. The summed E-state index contributed by atoms with van der Waals surface area (Å²) in [7, 11) is 0.